The Labute approximate surface area is 122 Å². The number of rotatable bonds is 9. The molecule has 1 aromatic rings. The van der Waals surface area contributed by atoms with Crippen molar-refractivity contribution in [3.63, 3.8) is 0 Å². The first-order valence-corrected chi connectivity index (χ1v) is 7.65. The largest absolute Gasteiger partial charge is 0.344 e. The maximum atomic E-state index is 5.70. The monoisotopic (exact) mass is 277 g/mol. The highest BCUT2D eigenvalue weighted by atomic mass is 16.8. The molecular formula is C17H27NO2. The third-order valence-corrected chi connectivity index (χ3v) is 3.78. The summed E-state index contributed by atoms with van der Waals surface area (Å²) in [6.07, 6.45) is 3.69. The Kier molecular flexibility index (Phi) is 5.58. The summed E-state index contributed by atoms with van der Waals surface area (Å²) in [5.74, 6) is 0. The Morgan fingerprint density at radius 3 is 2.65 bits per heavy atom. The minimum Gasteiger partial charge on any atom is -0.344 e. The first-order chi connectivity index (χ1) is 9.61. The van der Waals surface area contributed by atoms with E-state index < -0.39 is 0 Å². The molecule has 0 bridgehead atoms. The van der Waals surface area contributed by atoms with Crippen LogP contribution in [0.15, 0.2) is 30.3 Å². The minimum atomic E-state index is -0.0792. The maximum absolute atomic E-state index is 5.70. The number of hydrogen-bond acceptors (Lipinski definition) is 3. The second kappa shape index (κ2) is 7.21. The first-order valence-electron chi connectivity index (χ1n) is 7.65. The number of ether oxygens (including phenoxy) is 2. The van der Waals surface area contributed by atoms with E-state index in [2.05, 4.69) is 38.2 Å². The zero-order valence-electron chi connectivity index (χ0n) is 12.9. The van der Waals surface area contributed by atoms with Crippen molar-refractivity contribution in [3.05, 3.63) is 35.9 Å². The fourth-order valence-electron chi connectivity index (χ4n) is 2.48. The van der Waals surface area contributed by atoms with E-state index in [-0.39, 0.29) is 12.5 Å². The normalized spacial score (nSPS) is 21.9. The van der Waals surface area contributed by atoms with Gasteiger partial charge in [-0.15, -0.1) is 0 Å². The number of epoxide rings is 1. The highest BCUT2D eigenvalue weighted by molar-refractivity contribution is 5.13. The molecule has 3 nitrogen and oxygen atoms in total. The molecule has 0 aliphatic carbocycles. The van der Waals surface area contributed by atoms with Gasteiger partial charge in [-0.25, -0.2) is 0 Å². The quantitative estimate of drug-likeness (QED) is 0.699. The van der Waals surface area contributed by atoms with Gasteiger partial charge in [0.05, 0.1) is 6.61 Å². The summed E-state index contributed by atoms with van der Waals surface area (Å²) >= 11 is 0. The van der Waals surface area contributed by atoms with Gasteiger partial charge in [-0.05, 0) is 30.4 Å². The van der Waals surface area contributed by atoms with Gasteiger partial charge in [0.25, 0.3) is 0 Å². The van der Waals surface area contributed by atoms with E-state index in [4.69, 9.17) is 9.47 Å². The molecule has 3 heteroatoms. The Hall–Kier alpha value is -0.900. The van der Waals surface area contributed by atoms with E-state index >= 15 is 0 Å². The lowest BCUT2D eigenvalue weighted by Gasteiger charge is -2.23. The van der Waals surface area contributed by atoms with Gasteiger partial charge < -0.3 is 9.47 Å². The molecule has 1 aliphatic heterocycles. The van der Waals surface area contributed by atoms with Crippen LogP contribution in [-0.4, -0.2) is 19.1 Å². The molecular weight excluding hydrogens is 250 g/mol. The topological polar surface area (TPSA) is 33.8 Å². The van der Waals surface area contributed by atoms with Crippen molar-refractivity contribution in [3.8, 4) is 0 Å². The molecule has 0 radical (unpaired) electrons. The lowest BCUT2D eigenvalue weighted by atomic mass is 9.85. The number of hydrogen-bond donors (Lipinski definition) is 1. The Morgan fingerprint density at radius 2 is 1.95 bits per heavy atom. The molecule has 0 spiro atoms. The van der Waals surface area contributed by atoms with Gasteiger partial charge in [0.15, 0.2) is 12.5 Å². The molecule has 1 saturated heterocycles. The molecule has 1 N–H and O–H groups in total. The van der Waals surface area contributed by atoms with E-state index in [1.165, 1.54) is 24.8 Å². The lowest BCUT2D eigenvalue weighted by molar-refractivity contribution is 0.0385. The van der Waals surface area contributed by atoms with Crippen LogP contribution < -0.4 is 5.32 Å². The summed E-state index contributed by atoms with van der Waals surface area (Å²) in [6, 6.07) is 10.2. The van der Waals surface area contributed by atoms with Gasteiger partial charge in [0, 0.05) is 0 Å². The Bertz CT molecular complexity index is 391. The summed E-state index contributed by atoms with van der Waals surface area (Å²) in [6.45, 7) is 8.51. The van der Waals surface area contributed by atoms with Crippen LogP contribution in [0.4, 0.5) is 0 Å². The summed E-state index contributed by atoms with van der Waals surface area (Å²) in [7, 11) is 0. The fraction of sp³-hybridized carbons (Fsp3) is 0.647. The van der Waals surface area contributed by atoms with E-state index in [1.807, 2.05) is 18.2 Å². The van der Waals surface area contributed by atoms with Crippen molar-refractivity contribution < 1.29 is 9.47 Å². The Balaban J connectivity index is 1.57. The van der Waals surface area contributed by atoms with Gasteiger partial charge in [-0.1, -0.05) is 57.5 Å². The van der Waals surface area contributed by atoms with Crippen molar-refractivity contribution in [2.24, 2.45) is 5.41 Å². The molecule has 2 atom stereocenters. The zero-order chi connectivity index (χ0) is 14.4. The highest BCUT2D eigenvalue weighted by Crippen LogP contribution is 2.27. The van der Waals surface area contributed by atoms with Crippen LogP contribution in [0.25, 0.3) is 0 Å². The molecule has 1 fully saturated rings. The molecule has 0 aromatic heterocycles. The average Bonchev–Trinajstić information content (AvgIpc) is 3.16. The summed E-state index contributed by atoms with van der Waals surface area (Å²) in [5, 5.41) is 3.41. The summed E-state index contributed by atoms with van der Waals surface area (Å²) in [5.41, 5.74) is 1.60. The minimum absolute atomic E-state index is 0.0792. The molecule has 1 aliphatic rings. The second-order valence-electron chi connectivity index (χ2n) is 6.34. The molecule has 2 unspecified atom stereocenters. The molecule has 1 aromatic carbocycles. The molecule has 2 rings (SSSR count). The third-order valence-electron chi connectivity index (χ3n) is 3.78. The summed E-state index contributed by atoms with van der Waals surface area (Å²) < 4.78 is 11.2. The molecule has 1 heterocycles. The smallest absolute Gasteiger partial charge is 0.199 e. The van der Waals surface area contributed by atoms with Crippen molar-refractivity contribution in [1.29, 1.82) is 0 Å². The molecule has 112 valence electrons. The standard InChI is InChI=1S/C17H27NO2/c1-4-10-17(2,3)11-12-18-15-16(20-15)19-13-14-8-6-5-7-9-14/h5-9,15-16,18H,4,10-13H2,1-3H3. The van der Waals surface area contributed by atoms with Gasteiger partial charge >= 0.3 is 0 Å². The van der Waals surface area contributed by atoms with Gasteiger partial charge in [0.1, 0.15) is 0 Å². The molecule has 0 saturated carbocycles. The van der Waals surface area contributed by atoms with Crippen LogP contribution in [0, 0.1) is 5.41 Å². The van der Waals surface area contributed by atoms with Gasteiger partial charge in [0.2, 0.25) is 0 Å². The van der Waals surface area contributed by atoms with E-state index in [9.17, 15) is 0 Å². The van der Waals surface area contributed by atoms with Crippen molar-refractivity contribution in [2.45, 2.75) is 59.2 Å². The predicted octanol–water partition coefficient (Wildman–Crippen LogP) is 3.69. The van der Waals surface area contributed by atoms with Crippen molar-refractivity contribution in [1.82, 2.24) is 5.32 Å². The number of nitrogens with one attached hydrogen (secondary N) is 1. The maximum Gasteiger partial charge on any atom is 0.199 e. The van der Waals surface area contributed by atoms with E-state index in [0.717, 1.165) is 6.54 Å². The second-order valence-corrected chi connectivity index (χ2v) is 6.34. The fourth-order valence-corrected chi connectivity index (χ4v) is 2.48. The summed E-state index contributed by atoms with van der Waals surface area (Å²) in [4.78, 5) is 0. The first kappa shape index (κ1) is 15.5. The van der Waals surface area contributed by atoms with Crippen molar-refractivity contribution in [2.75, 3.05) is 6.54 Å². The van der Waals surface area contributed by atoms with Crippen LogP contribution in [0.5, 0.6) is 0 Å². The average molecular weight is 277 g/mol. The van der Waals surface area contributed by atoms with Gasteiger partial charge in [-0.3, -0.25) is 5.32 Å². The number of benzene rings is 1. The third kappa shape index (κ3) is 5.23. The predicted molar refractivity (Wildman–Crippen MR) is 81.2 cm³/mol. The lowest BCUT2D eigenvalue weighted by Crippen LogP contribution is -2.26. The van der Waals surface area contributed by atoms with E-state index in [1.54, 1.807) is 0 Å². The molecule has 20 heavy (non-hydrogen) atoms. The van der Waals surface area contributed by atoms with Crippen LogP contribution in [0.2, 0.25) is 0 Å². The van der Waals surface area contributed by atoms with Crippen LogP contribution in [-0.2, 0) is 16.1 Å². The van der Waals surface area contributed by atoms with Crippen LogP contribution >= 0.6 is 0 Å². The van der Waals surface area contributed by atoms with Gasteiger partial charge in [-0.2, -0.15) is 0 Å². The van der Waals surface area contributed by atoms with E-state index in [0.29, 0.717) is 12.0 Å². The Morgan fingerprint density at radius 1 is 1.20 bits per heavy atom. The SMILES string of the molecule is CCCC(C)(C)CCNC1OC1OCc1ccccc1. The van der Waals surface area contributed by atoms with Crippen molar-refractivity contribution >= 4 is 0 Å². The molecule has 0 amide bonds. The van der Waals surface area contributed by atoms with Crippen LogP contribution in [0.3, 0.4) is 0 Å². The van der Waals surface area contributed by atoms with Crippen LogP contribution in [0.1, 0.15) is 45.6 Å². The zero-order valence-corrected chi connectivity index (χ0v) is 12.9. The highest BCUT2D eigenvalue weighted by Gasteiger charge is 2.39.